The molecule has 7 nitrogen and oxygen atoms in total. The first-order valence-corrected chi connectivity index (χ1v) is 14.0. The number of halogens is 3. The molecule has 0 saturated carbocycles. The van der Waals surface area contributed by atoms with E-state index in [-0.39, 0.29) is 18.9 Å². The van der Waals surface area contributed by atoms with Crippen molar-refractivity contribution in [1.82, 2.24) is 14.8 Å². The number of piperazine rings is 1. The number of aliphatic hydroxyl groups excluding tert-OH is 1. The van der Waals surface area contributed by atoms with Crippen LogP contribution in [0.5, 0.6) is 5.75 Å². The van der Waals surface area contributed by atoms with Crippen LogP contribution >= 0.6 is 11.3 Å². The number of hydrogen-bond acceptors (Lipinski definition) is 8. The van der Waals surface area contributed by atoms with Gasteiger partial charge in [0.15, 0.2) is 9.84 Å². The van der Waals surface area contributed by atoms with Crippen LogP contribution in [0.4, 0.5) is 13.2 Å². The second-order valence-electron chi connectivity index (χ2n) is 8.78. The van der Waals surface area contributed by atoms with Crippen LogP contribution in [-0.2, 0) is 16.0 Å². The van der Waals surface area contributed by atoms with Crippen LogP contribution < -0.4 is 4.74 Å². The third-order valence-corrected chi connectivity index (χ3v) is 8.74. The Hall–Kier alpha value is -2.25. The van der Waals surface area contributed by atoms with Gasteiger partial charge in [-0.15, -0.1) is 11.3 Å². The van der Waals surface area contributed by atoms with Crippen molar-refractivity contribution in [3.8, 4) is 5.75 Å². The molecule has 1 saturated heterocycles. The van der Waals surface area contributed by atoms with E-state index in [4.69, 9.17) is 4.74 Å². The molecular formula is C24H28F3N3O4S2. The largest absolute Gasteiger partial charge is 0.491 e. The van der Waals surface area contributed by atoms with Gasteiger partial charge in [0, 0.05) is 45.3 Å². The van der Waals surface area contributed by atoms with Crippen LogP contribution in [-0.4, -0.2) is 86.0 Å². The summed E-state index contributed by atoms with van der Waals surface area (Å²) in [5, 5.41) is 11.4. The Morgan fingerprint density at radius 1 is 1.11 bits per heavy atom. The summed E-state index contributed by atoms with van der Waals surface area (Å²) in [6.07, 6.45) is -5.43. The number of nitrogens with zero attached hydrogens (tertiary/aromatic N) is 3. The van der Waals surface area contributed by atoms with Crippen LogP contribution in [0.2, 0.25) is 0 Å². The molecule has 36 heavy (non-hydrogen) atoms. The number of benzene rings is 2. The van der Waals surface area contributed by atoms with E-state index in [1.165, 1.54) is 12.1 Å². The van der Waals surface area contributed by atoms with Crippen LogP contribution in [0.15, 0.2) is 47.4 Å². The average Bonchev–Trinajstić information content (AvgIpc) is 3.21. The number of rotatable bonds is 9. The molecule has 1 fully saturated rings. The van der Waals surface area contributed by atoms with Gasteiger partial charge in [-0.05, 0) is 31.2 Å². The van der Waals surface area contributed by atoms with Crippen molar-refractivity contribution in [1.29, 1.82) is 0 Å². The first-order chi connectivity index (χ1) is 17.0. The number of aryl methyl sites for hydroxylation is 1. The van der Waals surface area contributed by atoms with E-state index >= 15 is 0 Å². The van der Waals surface area contributed by atoms with Gasteiger partial charge >= 0.3 is 6.18 Å². The number of alkyl halides is 3. The molecule has 0 amide bonds. The molecule has 1 atom stereocenters. The van der Waals surface area contributed by atoms with E-state index in [1.807, 2.05) is 30.0 Å². The molecular weight excluding hydrogens is 515 g/mol. The number of ether oxygens (including phenoxy) is 1. The summed E-state index contributed by atoms with van der Waals surface area (Å²) in [5.41, 5.74) is -0.267. The number of hydrogen-bond donors (Lipinski definition) is 1. The maximum Gasteiger partial charge on any atom is 0.417 e. The summed E-state index contributed by atoms with van der Waals surface area (Å²) in [6.45, 7) is 4.97. The number of thiazole rings is 1. The summed E-state index contributed by atoms with van der Waals surface area (Å²) in [6, 6.07) is 9.93. The number of fused-ring (bicyclic) bond motifs is 1. The normalized spacial score (nSPS) is 16.9. The lowest BCUT2D eigenvalue weighted by Gasteiger charge is -2.35. The zero-order chi connectivity index (χ0) is 25.9. The summed E-state index contributed by atoms with van der Waals surface area (Å²) in [7, 11) is -4.09. The topological polar surface area (TPSA) is 83.0 Å². The Kier molecular flexibility index (Phi) is 8.20. The Balaban J connectivity index is 1.22. The third kappa shape index (κ3) is 6.74. The minimum Gasteiger partial charge on any atom is -0.491 e. The standard InChI is InChI=1S/C24H28F3N3O4S2/c1-17-28-21-14-19(6-7-22(21)35-17)34-16-18(31)15-30-10-8-29(9-11-30)12-13-36(32,33)23-5-3-2-4-20(23)24(25,26)27/h2-7,14,18,31H,8-13,15-16H2,1H3/t18-/m1/s1. The van der Waals surface area contributed by atoms with Gasteiger partial charge in [0.2, 0.25) is 0 Å². The number of β-amino-alcohol motifs (C(OH)–C–C–N with tert-alkyl or cyclic N) is 1. The molecule has 1 aliphatic heterocycles. The maximum absolute atomic E-state index is 13.2. The molecule has 0 spiro atoms. The molecule has 2 heterocycles. The monoisotopic (exact) mass is 543 g/mol. The van der Waals surface area contributed by atoms with Gasteiger partial charge in [0.1, 0.15) is 18.5 Å². The van der Waals surface area contributed by atoms with Gasteiger partial charge in [-0.3, -0.25) is 9.80 Å². The van der Waals surface area contributed by atoms with E-state index in [2.05, 4.69) is 9.88 Å². The number of sulfone groups is 1. The highest BCUT2D eigenvalue weighted by molar-refractivity contribution is 7.91. The SMILES string of the molecule is Cc1nc2cc(OC[C@H](O)CN3CCN(CCS(=O)(=O)c4ccccc4C(F)(F)F)CC3)ccc2s1. The molecule has 0 radical (unpaired) electrons. The summed E-state index contributed by atoms with van der Waals surface area (Å²) in [5.74, 6) is 0.254. The lowest BCUT2D eigenvalue weighted by atomic mass is 10.2. The van der Waals surface area contributed by atoms with E-state index in [1.54, 1.807) is 11.3 Å². The lowest BCUT2D eigenvalue weighted by molar-refractivity contribution is -0.139. The van der Waals surface area contributed by atoms with Crippen LogP contribution in [0.3, 0.4) is 0 Å². The molecule has 1 N–H and O–H groups in total. The van der Waals surface area contributed by atoms with Crippen molar-refractivity contribution >= 4 is 31.4 Å². The average molecular weight is 544 g/mol. The molecule has 3 aromatic rings. The Morgan fingerprint density at radius 3 is 2.53 bits per heavy atom. The van der Waals surface area contributed by atoms with Crippen LogP contribution in [0.25, 0.3) is 10.2 Å². The molecule has 1 aromatic heterocycles. The predicted molar refractivity (Wildman–Crippen MR) is 132 cm³/mol. The zero-order valence-electron chi connectivity index (χ0n) is 19.7. The van der Waals surface area contributed by atoms with Gasteiger partial charge < -0.3 is 9.84 Å². The fourth-order valence-electron chi connectivity index (χ4n) is 4.18. The van der Waals surface area contributed by atoms with Crippen molar-refractivity contribution < 1.29 is 31.4 Å². The minimum atomic E-state index is -4.73. The second-order valence-corrected chi connectivity index (χ2v) is 12.1. The quantitative estimate of drug-likeness (QED) is 0.443. The minimum absolute atomic E-state index is 0.131. The molecule has 2 aromatic carbocycles. The zero-order valence-corrected chi connectivity index (χ0v) is 21.4. The van der Waals surface area contributed by atoms with Crippen LogP contribution in [0.1, 0.15) is 10.6 Å². The summed E-state index contributed by atoms with van der Waals surface area (Å²) < 4.78 is 71.7. The van der Waals surface area contributed by atoms with Crippen molar-refractivity contribution in [2.45, 2.75) is 24.1 Å². The second kappa shape index (κ2) is 11.0. The smallest absolute Gasteiger partial charge is 0.417 e. The number of aliphatic hydroxyl groups is 1. The fourth-order valence-corrected chi connectivity index (χ4v) is 6.51. The Bertz CT molecular complexity index is 1290. The van der Waals surface area contributed by atoms with Gasteiger partial charge in [-0.25, -0.2) is 13.4 Å². The fraction of sp³-hybridized carbons (Fsp3) is 0.458. The van der Waals surface area contributed by atoms with E-state index in [9.17, 15) is 26.7 Å². The molecule has 0 aliphatic carbocycles. The van der Waals surface area contributed by atoms with E-state index in [0.29, 0.717) is 38.5 Å². The van der Waals surface area contributed by atoms with E-state index in [0.717, 1.165) is 27.4 Å². The first-order valence-electron chi connectivity index (χ1n) is 11.5. The maximum atomic E-state index is 13.2. The third-order valence-electron chi connectivity index (χ3n) is 6.05. The summed E-state index contributed by atoms with van der Waals surface area (Å²) >= 11 is 1.61. The number of aromatic nitrogens is 1. The Labute approximate surface area is 212 Å². The van der Waals surface area contributed by atoms with Gasteiger partial charge in [-0.2, -0.15) is 13.2 Å². The highest BCUT2D eigenvalue weighted by Gasteiger charge is 2.36. The van der Waals surface area contributed by atoms with Crippen molar-refractivity contribution in [3.63, 3.8) is 0 Å². The molecule has 4 rings (SSSR count). The lowest BCUT2D eigenvalue weighted by Crippen LogP contribution is -2.50. The van der Waals surface area contributed by atoms with E-state index < -0.39 is 32.6 Å². The van der Waals surface area contributed by atoms with Crippen molar-refractivity contribution in [2.24, 2.45) is 0 Å². The first kappa shape index (κ1) is 26.8. The highest BCUT2D eigenvalue weighted by atomic mass is 32.2. The molecule has 12 heteroatoms. The van der Waals surface area contributed by atoms with Gasteiger partial charge in [0.05, 0.1) is 31.4 Å². The molecule has 196 valence electrons. The summed E-state index contributed by atoms with van der Waals surface area (Å²) in [4.78, 5) is 7.74. The highest BCUT2D eigenvalue weighted by Crippen LogP contribution is 2.34. The molecule has 0 unspecified atom stereocenters. The molecule has 0 bridgehead atoms. The molecule has 1 aliphatic rings. The van der Waals surface area contributed by atoms with Crippen LogP contribution in [0, 0.1) is 6.92 Å². The van der Waals surface area contributed by atoms with Gasteiger partial charge in [-0.1, -0.05) is 12.1 Å². The van der Waals surface area contributed by atoms with Gasteiger partial charge in [0.25, 0.3) is 0 Å². The Morgan fingerprint density at radius 2 is 1.81 bits per heavy atom. The van der Waals surface area contributed by atoms with Crippen molar-refractivity contribution in [2.75, 3.05) is 51.6 Å². The van der Waals surface area contributed by atoms with Crippen molar-refractivity contribution in [3.05, 3.63) is 53.0 Å². The predicted octanol–water partition coefficient (Wildman–Crippen LogP) is 3.45.